The molecule has 0 spiro atoms. The second kappa shape index (κ2) is 5.27. The average molecular weight is 251 g/mol. The fourth-order valence-corrected chi connectivity index (χ4v) is 2.18. The van der Waals surface area contributed by atoms with Crippen molar-refractivity contribution in [3.63, 3.8) is 0 Å². The summed E-state index contributed by atoms with van der Waals surface area (Å²) >= 11 is 0. The molecule has 1 aromatic carbocycles. The van der Waals surface area contributed by atoms with Crippen LogP contribution < -0.4 is 9.64 Å². The van der Waals surface area contributed by atoms with Gasteiger partial charge in [0, 0.05) is 24.8 Å². The van der Waals surface area contributed by atoms with Gasteiger partial charge in [0.2, 0.25) is 0 Å². The number of ether oxygens (including phenoxy) is 2. The van der Waals surface area contributed by atoms with Crippen LogP contribution in [0.15, 0.2) is 12.1 Å². The Bertz CT molecular complexity index is 453. The molecule has 5 heteroatoms. The Morgan fingerprint density at radius 3 is 2.61 bits per heavy atom. The smallest absolute Gasteiger partial charge is 0.339 e. The van der Waals surface area contributed by atoms with E-state index in [1.807, 2.05) is 6.07 Å². The summed E-state index contributed by atoms with van der Waals surface area (Å²) in [4.78, 5) is 13.3. The van der Waals surface area contributed by atoms with E-state index >= 15 is 0 Å². The number of nitrogens with zero attached hydrogens (tertiary/aromatic N) is 1. The van der Waals surface area contributed by atoms with Crippen molar-refractivity contribution in [1.29, 1.82) is 0 Å². The molecule has 0 saturated carbocycles. The molecule has 1 N–H and O–H groups in total. The lowest BCUT2D eigenvalue weighted by molar-refractivity contribution is 0.0692. The van der Waals surface area contributed by atoms with Crippen LogP contribution in [0, 0.1) is 6.92 Å². The second-order valence-corrected chi connectivity index (χ2v) is 4.24. The molecule has 1 saturated heterocycles. The van der Waals surface area contributed by atoms with Crippen molar-refractivity contribution < 1.29 is 19.4 Å². The lowest BCUT2D eigenvalue weighted by atomic mass is 10.1. The van der Waals surface area contributed by atoms with Gasteiger partial charge in [-0.05, 0) is 18.6 Å². The number of aromatic carboxylic acids is 1. The fourth-order valence-electron chi connectivity index (χ4n) is 2.18. The van der Waals surface area contributed by atoms with E-state index in [1.165, 1.54) is 7.11 Å². The van der Waals surface area contributed by atoms with E-state index in [-0.39, 0.29) is 5.56 Å². The van der Waals surface area contributed by atoms with Crippen molar-refractivity contribution in [3.8, 4) is 5.75 Å². The third-order valence-electron chi connectivity index (χ3n) is 3.09. The highest BCUT2D eigenvalue weighted by molar-refractivity contribution is 5.93. The van der Waals surface area contributed by atoms with E-state index in [9.17, 15) is 4.79 Å². The molecule has 1 aliphatic heterocycles. The summed E-state index contributed by atoms with van der Waals surface area (Å²) in [5.41, 5.74) is 1.93. The molecule has 1 aromatic rings. The number of rotatable bonds is 3. The van der Waals surface area contributed by atoms with Crippen molar-refractivity contribution in [2.24, 2.45) is 0 Å². The first-order valence-electron chi connectivity index (χ1n) is 5.88. The summed E-state index contributed by atoms with van der Waals surface area (Å²) in [7, 11) is 1.49. The zero-order chi connectivity index (χ0) is 13.1. The van der Waals surface area contributed by atoms with Crippen LogP contribution in [0.4, 0.5) is 5.69 Å². The normalized spacial score (nSPS) is 15.6. The Labute approximate surface area is 106 Å². The zero-order valence-corrected chi connectivity index (χ0v) is 10.6. The zero-order valence-electron chi connectivity index (χ0n) is 10.6. The van der Waals surface area contributed by atoms with Crippen molar-refractivity contribution in [1.82, 2.24) is 0 Å². The molecule has 0 aliphatic carbocycles. The topological polar surface area (TPSA) is 59.0 Å². The van der Waals surface area contributed by atoms with Crippen LogP contribution >= 0.6 is 0 Å². The van der Waals surface area contributed by atoms with Gasteiger partial charge >= 0.3 is 5.97 Å². The van der Waals surface area contributed by atoms with Gasteiger partial charge in [-0.2, -0.15) is 0 Å². The summed E-state index contributed by atoms with van der Waals surface area (Å²) in [5.74, 6) is -0.554. The lowest BCUT2D eigenvalue weighted by Crippen LogP contribution is -2.36. The van der Waals surface area contributed by atoms with Crippen molar-refractivity contribution in [3.05, 3.63) is 23.3 Å². The van der Waals surface area contributed by atoms with Crippen LogP contribution in [-0.2, 0) is 4.74 Å². The first-order chi connectivity index (χ1) is 8.63. The number of carboxylic acids is 1. The molecule has 5 nitrogen and oxygen atoms in total. The number of carbonyl (C=O) groups is 1. The van der Waals surface area contributed by atoms with Gasteiger partial charge < -0.3 is 19.5 Å². The minimum Gasteiger partial charge on any atom is -0.496 e. The molecule has 2 rings (SSSR count). The van der Waals surface area contributed by atoms with Crippen LogP contribution in [0.2, 0.25) is 0 Å². The minimum absolute atomic E-state index is 0.231. The molecule has 1 heterocycles. The van der Waals surface area contributed by atoms with E-state index in [0.717, 1.165) is 18.8 Å². The Balaban J connectivity index is 2.38. The van der Waals surface area contributed by atoms with Crippen LogP contribution in [0.25, 0.3) is 0 Å². The van der Waals surface area contributed by atoms with Crippen molar-refractivity contribution in [2.45, 2.75) is 6.92 Å². The van der Waals surface area contributed by atoms with Gasteiger partial charge in [0.25, 0.3) is 0 Å². The van der Waals surface area contributed by atoms with E-state index in [2.05, 4.69) is 4.90 Å². The largest absolute Gasteiger partial charge is 0.496 e. The third-order valence-corrected chi connectivity index (χ3v) is 3.09. The number of methoxy groups -OCH3 is 1. The van der Waals surface area contributed by atoms with E-state index in [4.69, 9.17) is 14.6 Å². The number of morpholine rings is 1. The minimum atomic E-state index is -0.960. The van der Waals surface area contributed by atoms with E-state index in [1.54, 1.807) is 13.0 Å². The molecule has 0 atom stereocenters. The van der Waals surface area contributed by atoms with Gasteiger partial charge in [-0.1, -0.05) is 0 Å². The molecule has 0 amide bonds. The molecule has 0 aromatic heterocycles. The fraction of sp³-hybridized carbons (Fsp3) is 0.462. The van der Waals surface area contributed by atoms with Crippen LogP contribution in [0.1, 0.15) is 15.9 Å². The third kappa shape index (κ3) is 2.41. The van der Waals surface area contributed by atoms with Crippen LogP contribution in [0.5, 0.6) is 5.75 Å². The quantitative estimate of drug-likeness (QED) is 0.883. The molecule has 0 bridgehead atoms. The summed E-state index contributed by atoms with van der Waals surface area (Å²) in [5, 5.41) is 9.17. The number of hydrogen-bond donors (Lipinski definition) is 1. The molecular formula is C13H17NO4. The van der Waals surface area contributed by atoms with E-state index < -0.39 is 5.97 Å². The summed E-state index contributed by atoms with van der Waals surface area (Å²) in [6.07, 6.45) is 0. The molecule has 18 heavy (non-hydrogen) atoms. The van der Waals surface area contributed by atoms with Crippen molar-refractivity contribution in [2.75, 3.05) is 38.3 Å². The maximum absolute atomic E-state index is 11.2. The van der Waals surface area contributed by atoms with Crippen molar-refractivity contribution >= 4 is 11.7 Å². The Morgan fingerprint density at radius 1 is 1.39 bits per heavy atom. The summed E-state index contributed by atoms with van der Waals surface area (Å²) in [6.45, 7) is 4.81. The van der Waals surface area contributed by atoms with Gasteiger partial charge in [-0.15, -0.1) is 0 Å². The number of hydrogen-bond acceptors (Lipinski definition) is 4. The number of aryl methyl sites for hydroxylation is 1. The highest BCUT2D eigenvalue weighted by atomic mass is 16.5. The predicted octanol–water partition coefficient (Wildman–Crippen LogP) is 1.54. The first kappa shape index (κ1) is 12.7. The van der Waals surface area contributed by atoms with Crippen LogP contribution in [-0.4, -0.2) is 44.5 Å². The molecule has 0 radical (unpaired) electrons. The molecular weight excluding hydrogens is 234 g/mol. The standard InChI is InChI=1S/C13H17NO4/c1-9-7-10(14-3-5-18-6-4-14)8-11(17-2)12(9)13(15)16/h7-8H,3-6H2,1-2H3,(H,15,16). The number of carboxylic acid groups (broad SMARTS) is 1. The second-order valence-electron chi connectivity index (χ2n) is 4.24. The SMILES string of the molecule is COc1cc(N2CCOCC2)cc(C)c1C(=O)O. The monoisotopic (exact) mass is 251 g/mol. The Hall–Kier alpha value is -1.75. The highest BCUT2D eigenvalue weighted by Crippen LogP contribution is 2.29. The van der Waals surface area contributed by atoms with Gasteiger partial charge in [0.05, 0.1) is 20.3 Å². The number of benzene rings is 1. The Kier molecular flexibility index (Phi) is 3.72. The maximum atomic E-state index is 11.2. The summed E-state index contributed by atoms with van der Waals surface area (Å²) in [6, 6.07) is 3.67. The first-order valence-corrected chi connectivity index (χ1v) is 5.88. The average Bonchev–Trinajstić information content (AvgIpc) is 2.38. The van der Waals surface area contributed by atoms with Gasteiger partial charge in [-0.3, -0.25) is 0 Å². The Morgan fingerprint density at radius 2 is 2.06 bits per heavy atom. The van der Waals surface area contributed by atoms with Gasteiger partial charge in [0.15, 0.2) is 0 Å². The molecule has 1 fully saturated rings. The van der Waals surface area contributed by atoms with Crippen LogP contribution in [0.3, 0.4) is 0 Å². The van der Waals surface area contributed by atoms with Gasteiger partial charge in [-0.25, -0.2) is 4.79 Å². The molecule has 0 unspecified atom stereocenters. The summed E-state index contributed by atoms with van der Waals surface area (Å²) < 4.78 is 10.5. The van der Waals surface area contributed by atoms with E-state index in [0.29, 0.717) is 24.5 Å². The number of anilines is 1. The maximum Gasteiger partial charge on any atom is 0.339 e. The highest BCUT2D eigenvalue weighted by Gasteiger charge is 2.19. The molecule has 98 valence electrons. The molecule has 1 aliphatic rings. The predicted molar refractivity (Wildman–Crippen MR) is 67.7 cm³/mol. The van der Waals surface area contributed by atoms with Gasteiger partial charge in [0.1, 0.15) is 11.3 Å². The lowest BCUT2D eigenvalue weighted by Gasteiger charge is -2.29.